The van der Waals surface area contributed by atoms with Crippen LogP contribution in [0.3, 0.4) is 0 Å². The van der Waals surface area contributed by atoms with Crippen LogP contribution in [0.2, 0.25) is 5.02 Å². The number of aldehydes is 1. The zero-order chi connectivity index (χ0) is 20.0. The molecule has 2 N–H and O–H groups in total. The third-order valence-electron chi connectivity index (χ3n) is 5.78. The number of nitrogens with two attached hydrogens (primary N) is 1. The summed E-state index contributed by atoms with van der Waals surface area (Å²) in [6, 6.07) is 14.5. The number of rotatable bonds is 4. The Morgan fingerprint density at radius 3 is 2.29 bits per heavy atom. The number of benzene rings is 2. The molecule has 2 aromatic carbocycles. The number of hydrogen-bond donors (Lipinski definition) is 1. The SMILES string of the molecule is C.CC.CCC1C(C=O)CCC(c2ccc(C)cc2Cl)C1c1ccc(N)cc1. The Morgan fingerprint density at radius 1 is 1.11 bits per heavy atom. The number of halogens is 1. The lowest BCUT2D eigenvalue weighted by atomic mass is 9.62. The molecule has 154 valence electrons. The number of nitrogen functional groups attached to an aromatic ring is 1. The molecule has 2 aromatic rings. The van der Waals surface area contributed by atoms with E-state index in [0.29, 0.717) is 11.8 Å². The van der Waals surface area contributed by atoms with Crippen LogP contribution in [0.4, 0.5) is 5.69 Å². The van der Waals surface area contributed by atoms with Gasteiger partial charge in [0, 0.05) is 16.6 Å². The van der Waals surface area contributed by atoms with Crippen LogP contribution >= 0.6 is 11.6 Å². The average Bonchev–Trinajstić information content (AvgIpc) is 2.69. The van der Waals surface area contributed by atoms with Crippen LogP contribution in [0.15, 0.2) is 42.5 Å². The van der Waals surface area contributed by atoms with Gasteiger partial charge in [-0.25, -0.2) is 0 Å². The van der Waals surface area contributed by atoms with E-state index in [2.05, 4.69) is 38.1 Å². The molecule has 1 aliphatic rings. The lowest BCUT2D eigenvalue weighted by Crippen LogP contribution is -2.32. The van der Waals surface area contributed by atoms with Crippen molar-refractivity contribution in [3.8, 4) is 0 Å². The molecular formula is C25H36ClNO. The molecule has 0 bridgehead atoms. The summed E-state index contributed by atoms with van der Waals surface area (Å²) < 4.78 is 0. The van der Waals surface area contributed by atoms with E-state index in [0.717, 1.165) is 36.3 Å². The Labute approximate surface area is 176 Å². The van der Waals surface area contributed by atoms with Crippen molar-refractivity contribution in [3.05, 3.63) is 64.2 Å². The van der Waals surface area contributed by atoms with Crippen LogP contribution in [0.5, 0.6) is 0 Å². The van der Waals surface area contributed by atoms with Crippen molar-refractivity contribution >= 4 is 23.6 Å². The quantitative estimate of drug-likeness (QED) is 0.428. The Hall–Kier alpha value is -1.80. The second-order valence-electron chi connectivity index (χ2n) is 7.27. The fourth-order valence-electron chi connectivity index (χ4n) is 4.54. The predicted molar refractivity (Wildman–Crippen MR) is 123 cm³/mol. The van der Waals surface area contributed by atoms with Crippen molar-refractivity contribution < 1.29 is 4.79 Å². The van der Waals surface area contributed by atoms with Crippen LogP contribution in [0.1, 0.15) is 76.0 Å². The fraction of sp³-hybridized carbons (Fsp3) is 0.480. The number of hydrogen-bond acceptors (Lipinski definition) is 2. The average molecular weight is 402 g/mol. The van der Waals surface area contributed by atoms with Gasteiger partial charge in [0.05, 0.1) is 0 Å². The van der Waals surface area contributed by atoms with Gasteiger partial charge in [0.2, 0.25) is 0 Å². The third-order valence-corrected chi connectivity index (χ3v) is 6.11. The standard InChI is InChI=1S/C22H26ClNO.C2H6.CH4/c1-3-18-16(13-25)7-11-20(19-10-4-14(2)12-21(19)23)22(18)15-5-8-17(24)9-6-15;1-2;/h4-6,8-10,12-13,16,18,20,22H,3,7,11,24H2,1-2H3;1-2H3;1H4. The van der Waals surface area contributed by atoms with Gasteiger partial charge in [-0.1, -0.05) is 70.5 Å². The van der Waals surface area contributed by atoms with E-state index in [9.17, 15) is 4.79 Å². The molecule has 0 heterocycles. The molecule has 0 radical (unpaired) electrons. The van der Waals surface area contributed by atoms with E-state index in [1.807, 2.05) is 32.0 Å². The highest BCUT2D eigenvalue weighted by atomic mass is 35.5. The van der Waals surface area contributed by atoms with E-state index in [4.69, 9.17) is 17.3 Å². The largest absolute Gasteiger partial charge is 0.399 e. The first-order valence-corrected chi connectivity index (χ1v) is 10.5. The monoisotopic (exact) mass is 401 g/mol. The summed E-state index contributed by atoms with van der Waals surface area (Å²) in [5.74, 6) is 1.07. The van der Waals surface area contributed by atoms with Gasteiger partial charge in [-0.2, -0.15) is 0 Å². The fourth-order valence-corrected chi connectivity index (χ4v) is 4.91. The highest BCUT2D eigenvalue weighted by molar-refractivity contribution is 6.31. The predicted octanol–water partition coefficient (Wildman–Crippen LogP) is 7.40. The van der Waals surface area contributed by atoms with E-state index in [1.54, 1.807) is 0 Å². The molecule has 1 fully saturated rings. The first-order chi connectivity index (χ1) is 13.0. The third kappa shape index (κ3) is 5.17. The molecule has 4 unspecified atom stereocenters. The smallest absolute Gasteiger partial charge is 0.123 e. The lowest BCUT2D eigenvalue weighted by Gasteiger charge is -2.42. The van der Waals surface area contributed by atoms with Crippen LogP contribution < -0.4 is 5.73 Å². The van der Waals surface area contributed by atoms with Gasteiger partial charge in [0.1, 0.15) is 6.29 Å². The van der Waals surface area contributed by atoms with Crippen molar-refractivity contribution in [2.45, 2.75) is 66.2 Å². The van der Waals surface area contributed by atoms with Gasteiger partial charge in [0.25, 0.3) is 0 Å². The highest BCUT2D eigenvalue weighted by Gasteiger charge is 2.40. The summed E-state index contributed by atoms with van der Waals surface area (Å²) in [5, 5.41) is 0.838. The zero-order valence-corrected chi connectivity index (χ0v) is 17.7. The topological polar surface area (TPSA) is 43.1 Å². The maximum absolute atomic E-state index is 11.7. The molecule has 28 heavy (non-hydrogen) atoms. The van der Waals surface area contributed by atoms with Gasteiger partial charge in [-0.3, -0.25) is 0 Å². The minimum Gasteiger partial charge on any atom is -0.399 e. The van der Waals surface area contributed by atoms with Gasteiger partial charge in [0.15, 0.2) is 0 Å². The number of anilines is 1. The molecule has 1 saturated carbocycles. The minimum absolute atomic E-state index is 0. The first-order valence-electron chi connectivity index (χ1n) is 10.1. The Morgan fingerprint density at radius 2 is 1.75 bits per heavy atom. The van der Waals surface area contributed by atoms with Crippen LogP contribution in [0, 0.1) is 18.8 Å². The normalized spacial score (nSPS) is 23.8. The zero-order valence-electron chi connectivity index (χ0n) is 16.9. The summed E-state index contributed by atoms with van der Waals surface area (Å²) >= 11 is 6.61. The minimum atomic E-state index is 0. The van der Waals surface area contributed by atoms with Gasteiger partial charge in [-0.15, -0.1) is 0 Å². The van der Waals surface area contributed by atoms with E-state index >= 15 is 0 Å². The molecule has 0 amide bonds. The summed E-state index contributed by atoms with van der Waals surface area (Å²) in [6.45, 7) is 8.25. The second-order valence-corrected chi connectivity index (χ2v) is 7.68. The van der Waals surface area contributed by atoms with Crippen molar-refractivity contribution in [2.24, 2.45) is 11.8 Å². The molecule has 3 heteroatoms. The van der Waals surface area contributed by atoms with E-state index in [1.165, 1.54) is 16.7 Å². The van der Waals surface area contributed by atoms with Gasteiger partial charge < -0.3 is 10.5 Å². The summed E-state index contributed by atoms with van der Waals surface area (Å²) in [6.07, 6.45) is 4.06. The molecule has 2 nitrogen and oxygen atoms in total. The first kappa shape index (κ1) is 24.2. The molecule has 0 spiro atoms. The number of carbonyl (C=O) groups excluding carboxylic acids is 1. The maximum Gasteiger partial charge on any atom is 0.123 e. The molecule has 4 atom stereocenters. The summed E-state index contributed by atoms with van der Waals surface area (Å²) in [7, 11) is 0. The number of aryl methyl sites for hydroxylation is 1. The molecule has 0 aromatic heterocycles. The molecule has 0 aliphatic heterocycles. The second kappa shape index (κ2) is 11.3. The molecular weight excluding hydrogens is 366 g/mol. The highest BCUT2D eigenvalue weighted by Crippen LogP contribution is 2.51. The van der Waals surface area contributed by atoms with Crippen LogP contribution in [0.25, 0.3) is 0 Å². The molecule has 3 rings (SSSR count). The maximum atomic E-state index is 11.7. The van der Waals surface area contributed by atoms with Crippen LogP contribution in [-0.2, 0) is 4.79 Å². The molecule has 1 aliphatic carbocycles. The van der Waals surface area contributed by atoms with Gasteiger partial charge >= 0.3 is 0 Å². The summed E-state index contributed by atoms with van der Waals surface area (Å²) in [5.41, 5.74) is 10.3. The van der Waals surface area contributed by atoms with E-state index in [-0.39, 0.29) is 19.3 Å². The van der Waals surface area contributed by atoms with Gasteiger partial charge in [-0.05, 0) is 72.4 Å². The van der Waals surface area contributed by atoms with Crippen molar-refractivity contribution in [1.82, 2.24) is 0 Å². The Bertz CT molecular complexity index is 741. The lowest BCUT2D eigenvalue weighted by molar-refractivity contribution is -0.114. The van der Waals surface area contributed by atoms with Crippen molar-refractivity contribution in [3.63, 3.8) is 0 Å². The van der Waals surface area contributed by atoms with Crippen molar-refractivity contribution in [1.29, 1.82) is 0 Å². The number of carbonyl (C=O) groups is 1. The van der Waals surface area contributed by atoms with Crippen LogP contribution in [-0.4, -0.2) is 6.29 Å². The Balaban J connectivity index is 0.00000127. The van der Waals surface area contributed by atoms with E-state index < -0.39 is 0 Å². The summed E-state index contributed by atoms with van der Waals surface area (Å²) in [4.78, 5) is 11.7. The molecule has 0 saturated heterocycles. The van der Waals surface area contributed by atoms with Crippen molar-refractivity contribution in [2.75, 3.05) is 5.73 Å². The Kier molecular flexibility index (Phi) is 9.75.